The Hall–Kier alpha value is -2.53. The Balaban J connectivity index is 1.44. The molecule has 1 saturated heterocycles. The summed E-state index contributed by atoms with van der Waals surface area (Å²) < 4.78 is 5.95. The maximum Gasteiger partial charge on any atom is 0.259 e. The van der Waals surface area contributed by atoms with Gasteiger partial charge in [-0.1, -0.05) is 26.0 Å². The van der Waals surface area contributed by atoms with Crippen molar-refractivity contribution in [2.75, 3.05) is 42.9 Å². The number of nitrogens with zero attached hydrogens (tertiary/aromatic N) is 2. The molecule has 4 rings (SSSR count). The number of fused-ring (bicyclic) bond motifs is 1. The Morgan fingerprint density at radius 1 is 1.07 bits per heavy atom. The molecule has 1 amide bonds. The summed E-state index contributed by atoms with van der Waals surface area (Å²) in [5.41, 5.74) is 3.73. The van der Waals surface area contributed by atoms with Crippen LogP contribution in [0.25, 0.3) is 0 Å². The van der Waals surface area contributed by atoms with Crippen molar-refractivity contribution >= 4 is 17.3 Å². The molecule has 2 aliphatic rings. The number of para-hydroxylation sites is 1. The Morgan fingerprint density at radius 2 is 1.79 bits per heavy atom. The van der Waals surface area contributed by atoms with Crippen LogP contribution in [0.4, 0.5) is 11.4 Å². The number of amides is 1. The Morgan fingerprint density at radius 3 is 2.46 bits per heavy atom. The highest BCUT2D eigenvalue weighted by molar-refractivity contribution is 6.06. The van der Waals surface area contributed by atoms with E-state index in [1.54, 1.807) is 0 Å². The maximum absolute atomic E-state index is 12.8. The van der Waals surface area contributed by atoms with Crippen LogP contribution in [0.1, 0.15) is 42.6 Å². The van der Waals surface area contributed by atoms with Gasteiger partial charge in [-0.05, 0) is 43.8 Å². The van der Waals surface area contributed by atoms with E-state index in [9.17, 15) is 4.79 Å². The van der Waals surface area contributed by atoms with E-state index in [-0.39, 0.29) is 12.0 Å². The molecule has 28 heavy (non-hydrogen) atoms. The van der Waals surface area contributed by atoms with Crippen molar-refractivity contribution in [3.05, 3.63) is 53.6 Å². The highest BCUT2D eigenvalue weighted by Gasteiger charge is 2.31. The van der Waals surface area contributed by atoms with Crippen LogP contribution in [0.3, 0.4) is 0 Å². The number of hydrogen-bond donors (Lipinski definition) is 1. The van der Waals surface area contributed by atoms with Gasteiger partial charge in [0.1, 0.15) is 11.9 Å². The van der Waals surface area contributed by atoms with Crippen LogP contribution < -0.4 is 15.0 Å². The van der Waals surface area contributed by atoms with Gasteiger partial charge < -0.3 is 19.9 Å². The molecule has 5 heteroatoms. The molecule has 1 fully saturated rings. The van der Waals surface area contributed by atoms with Crippen LogP contribution >= 0.6 is 0 Å². The summed E-state index contributed by atoms with van der Waals surface area (Å²) >= 11 is 0. The molecule has 0 saturated carbocycles. The highest BCUT2D eigenvalue weighted by atomic mass is 16.5. The molecule has 2 aromatic rings. The normalized spacial score (nSPS) is 21.9. The molecule has 0 unspecified atom stereocenters. The summed E-state index contributed by atoms with van der Waals surface area (Å²) in [5.74, 6) is 0.906. The van der Waals surface area contributed by atoms with E-state index in [1.165, 1.54) is 5.69 Å². The van der Waals surface area contributed by atoms with E-state index in [0.717, 1.165) is 49.7 Å². The van der Waals surface area contributed by atoms with Crippen LogP contribution in [0.15, 0.2) is 42.5 Å². The molecule has 5 nitrogen and oxygen atoms in total. The minimum atomic E-state index is -0.123. The van der Waals surface area contributed by atoms with Gasteiger partial charge in [0.15, 0.2) is 0 Å². The SMILES string of the molecule is CCN1CCN(c2ccc(NC(=O)c3cccc4c3O[C@@H](C)[C@@H]4C)cc2)CC1. The molecular formula is C23H29N3O2. The fourth-order valence-corrected chi connectivity index (χ4v) is 4.04. The van der Waals surface area contributed by atoms with Crippen LogP contribution in [0.2, 0.25) is 0 Å². The number of ether oxygens (including phenoxy) is 1. The van der Waals surface area contributed by atoms with E-state index < -0.39 is 0 Å². The molecular weight excluding hydrogens is 350 g/mol. The van der Waals surface area contributed by atoms with Crippen LogP contribution in [0, 0.1) is 0 Å². The fourth-order valence-electron chi connectivity index (χ4n) is 4.04. The molecule has 2 aliphatic heterocycles. The van der Waals surface area contributed by atoms with Crippen molar-refractivity contribution in [3.8, 4) is 5.75 Å². The maximum atomic E-state index is 12.8. The van der Waals surface area contributed by atoms with Crippen molar-refractivity contribution in [2.24, 2.45) is 0 Å². The topological polar surface area (TPSA) is 44.8 Å². The second-order valence-electron chi connectivity index (χ2n) is 7.76. The van der Waals surface area contributed by atoms with E-state index in [4.69, 9.17) is 4.74 Å². The second-order valence-corrected chi connectivity index (χ2v) is 7.76. The predicted octanol–water partition coefficient (Wildman–Crippen LogP) is 3.97. The number of rotatable bonds is 4. The third-order valence-electron chi connectivity index (χ3n) is 6.10. The number of benzene rings is 2. The molecule has 2 atom stereocenters. The number of anilines is 2. The predicted molar refractivity (Wildman–Crippen MR) is 114 cm³/mol. The summed E-state index contributed by atoms with van der Waals surface area (Å²) in [6.07, 6.45) is 0.0939. The first-order valence-corrected chi connectivity index (χ1v) is 10.2. The third-order valence-corrected chi connectivity index (χ3v) is 6.10. The molecule has 2 heterocycles. The second kappa shape index (κ2) is 7.84. The van der Waals surface area contributed by atoms with E-state index in [2.05, 4.69) is 41.1 Å². The van der Waals surface area contributed by atoms with Crippen LogP contribution in [0.5, 0.6) is 5.75 Å². The van der Waals surface area contributed by atoms with E-state index in [0.29, 0.717) is 11.5 Å². The van der Waals surface area contributed by atoms with Gasteiger partial charge in [-0.3, -0.25) is 4.79 Å². The lowest BCUT2D eigenvalue weighted by atomic mass is 9.97. The van der Waals surface area contributed by atoms with Gasteiger partial charge in [-0.15, -0.1) is 0 Å². The van der Waals surface area contributed by atoms with Gasteiger partial charge in [-0.25, -0.2) is 0 Å². The smallest absolute Gasteiger partial charge is 0.259 e. The van der Waals surface area contributed by atoms with Gasteiger partial charge in [0.2, 0.25) is 0 Å². The Labute approximate surface area is 167 Å². The number of piperazine rings is 1. The number of carbonyl (C=O) groups is 1. The zero-order chi connectivity index (χ0) is 19.7. The lowest BCUT2D eigenvalue weighted by molar-refractivity contribution is 0.102. The fraction of sp³-hybridized carbons (Fsp3) is 0.435. The quantitative estimate of drug-likeness (QED) is 0.873. The summed E-state index contributed by atoms with van der Waals surface area (Å²) in [7, 11) is 0. The molecule has 0 aromatic heterocycles. The van der Waals surface area contributed by atoms with Gasteiger partial charge in [-0.2, -0.15) is 0 Å². The zero-order valence-electron chi connectivity index (χ0n) is 16.9. The number of hydrogen-bond acceptors (Lipinski definition) is 4. The molecule has 0 spiro atoms. The average Bonchev–Trinajstić information content (AvgIpc) is 3.02. The van der Waals surface area contributed by atoms with Crippen molar-refractivity contribution in [1.82, 2.24) is 4.90 Å². The van der Waals surface area contributed by atoms with E-state index in [1.807, 2.05) is 37.3 Å². The average molecular weight is 380 g/mol. The summed E-state index contributed by atoms with van der Waals surface area (Å²) in [6, 6.07) is 14.0. The first kappa shape index (κ1) is 18.8. The highest BCUT2D eigenvalue weighted by Crippen LogP contribution is 2.40. The minimum Gasteiger partial charge on any atom is -0.489 e. The molecule has 0 aliphatic carbocycles. The van der Waals surface area contributed by atoms with Crippen LogP contribution in [-0.2, 0) is 0 Å². The summed E-state index contributed by atoms with van der Waals surface area (Å²) in [5, 5.41) is 3.02. The van der Waals surface area contributed by atoms with Gasteiger partial charge >= 0.3 is 0 Å². The lowest BCUT2D eigenvalue weighted by Gasteiger charge is -2.35. The molecule has 148 valence electrons. The molecule has 1 N–H and O–H groups in total. The first-order chi connectivity index (χ1) is 13.6. The van der Waals surface area contributed by atoms with Crippen molar-refractivity contribution in [3.63, 3.8) is 0 Å². The van der Waals surface area contributed by atoms with Crippen LogP contribution in [-0.4, -0.2) is 49.6 Å². The number of nitrogens with one attached hydrogen (secondary N) is 1. The summed E-state index contributed by atoms with van der Waals surface area (Å²) in [4.78, 5) is 17.7. The number of carbonyl (C=O) groups excluding carboxylic acids is 1. The largest absolute Gasteiger partial charge is 0.489 e. The lowest BCUT2D eigenvalue weighted by Crippen LogP contribution is -2.46. The Bertz CT molecular complexity index is 841. The van der Waals surface area contributed by atoms with E-state index >= 15 is 0 Å². The molecule has 0 radical (unpaired) electrons. The van der Waals surface area contributed by atoms with Gasteiger partial charge in [0, 0.05) is 49.0 Å². The first-order valence-electron chi connectivity index (χ1n) is 10.2. The Kier molecular flexibility index (Phi) is 5.27. The van der Waals surface area contributed by atoms with Gasteiger partial charge in [0.25, 0.3) is 5.91 Å². The standard InChI is InChI=1S/C23H29N3O2/c1-4-25-12-14-26(15-13-25)19-10-8-18(9-11-19)24-23(27)21-7-5-6-20-16(2)17(3)28-22(20)21/h5-11,16-17H,4,12-15H2,1-3H3,(H,24,27)/t16-,17-/m0/s1. The van der Waals surface area contributed by atoms with Crippen molar-refractivity contribution in [2.45, 2.75) is 32.8 Å². The summed E-state index contributed by atoms with van der Waals surface area (Å²) in [6.45, 7) is 11.8. The van der Waals surface area contributed by atoms with Crippen molar-refractivity contribution < 1.29 is 9.53 Å². The monoisotopic (exact) mass is 379 g/mol. The third kappa shape index (κ3) is 3.59. The number of likely N-dealkylation sites (N-methyl/N-ethyl adjacent to an activating group) is 1. The molecule has 2 aromatic carbocycles. The zero-order valence-corrected chi connectivity index (χ0v) is 16.9. The van der Waals surface area contributed by atoms with Crippen molar-refractivity contribution in [1.29, 1.82) is 0 Å². The minimum absolute atomic E-state index is 0.0939. The molecule has 0 bridgehead atoms. The van der Waals surface area contributed by atoms with Gasteiger partial charge in [0.05, 0.1) is 5.56 Å².